The van der Waals surface area contributed by atoms with Crippen molar-refractivity contribution in [2.75, 3.05) is 6.61 Å². The lowest BCUT2D eigenvalue weighted by Crippen LogP contribution is -2.66. The molecule has 0 bridgehead atoms. The summed E-state index contributed by atoms with van der Waals surface area (Å²) in [5, 5.41) is 0.328. The van der Waals surface area contributed by atoms with Crippen LogP contribution in [0, 0.1) is 17.8 Å². The molecule has 0 radical (unpaired) electrons. The molecule has 0 spiro atoms. The lowest BCUT2D eigenvalue weighted by Gasteiger charge is -2.57. The molecule has 0 amide bonds. The van der Waals surface area contributed by atoms with Crippen molar-refractivity contribution in [3.05, 3.63) is 12.2 Å². The first-order valence-corrected chi connectivity index (χ1v) is 22.0. The zero-order valence-electron chi connectivity index (χ0n) is 27.5. The molecule has 3 aliphatic carbocycles. The van der Waals surface area contributed by atoms with Gasteiger partial charge in [-0.3, -0.25) is 4.79 Å². The molecule has 0 saturated heterocycles. The third-order valence-electron chi connectivity index (χ3n) is 11.2. The first kappa shape index (κ1) is 33.2. The third kappa shape index (κ3) is 7.39. The number of fused-ring (bicyclic) bond motifs is 1. The Kier molecular flexibility index (Phi) is 10.7. The Hall–Kier alpha value is -0.276. The molecular formula is C33H62O4Si2. The number of ether oxygens (including phenoxy) is 1. The van der Waals surface area contributed by atoms with Gasteiger partial charge in [0.1, 0.15) is 5.60 Å². The summed E-state index contributed by atoms with van der Waals surface area (Å²) >= 11 is 0. The van der Waals surface area contributed by atoms with Gasteiger partial charge in [-0.25, -0.2) is 0 Å². The standard InChI is InChI=1S/C33H62O4Si2/c1-12-13-23-35-33-22-21-29(37-39(10,11)32(5,6)7)26(27(33)24-30(33)34)19-20-28(25-17-15-14-16-18-25)36-38(8,9)31(2,3)4/h19-20,25-29H,12-18,21-24H2,1-11H3/t26-,27-,28+,29-,33-/m0/s1. The first-order chi connectivity index (χ1) is 18.0. The van der Waals surface area contributed by atoms with Crippen molar-refractivity contribution in [2.24, 2.45) is 17.8 Å². The van der Waals surface area contributed by atoms with Crippen LogP contribution in [0.5, 0.6) is 0 Å². The molecule has 0 N–H and O–H groups in total. The normalized spacial score (nSPS) is 30.3. The van der Waals surface area contributed by atoms with Gasteiger partial charge in [-0.2, -0.15) is 0 Å². The van der Waals surface area contributed by atoms with Gasteiger partial charge in [0.15, 0.2) is 22.4 Å². The number of hydrogen-bond acceptors (Lipinski definition) is 4. The van der Waals surface area contributed by atoms with Gasteiger partial charge in [-0.15, -0.1) is 0 Å². The molecule has 5 atom stereocenters. The predicted octanol–water partition coefficient (Wildman–Crippen LogP) is 9.46. The molecule has 6 heteroatoms. The molecule has 39 heavy (non-hydrogen) atoms. The fourth-order valence-corrected chi connectivity index (χ4v) is 9.00. The van der Waals surface area contributed by atoms with E-state index < -0.39 is 22.2 Å². The second-order valence-electron chi connectivity index (χ2n) is 16.0. The molecule has 3 aliphatic rings. The highest BCUT2D eigenvalue weighted by Gasteiger charge is 2.62. The van der Waals surface area contributed by atoms with E-state index in [9.17, 15) is 4.79 Å². The van der Waals surface area contributed by atoms with Crippen LogP contribution in [0.1, 0.15) is 113 Å². The van der Waals surface area contributed by atoms with Gasteiger partial charge >= 0.3 is 0 Å². The molecule has 0 heterocycles. The summed E-state index contributed by atoms with van der Waals surface area (Å²) in [7, 11) is -3.91. The molecule has 226 valence electrons. The lowest BCUT2D eigenvalue weighted by atomic mass is 9.55. The lowest BCUT2D eigenvalue weighted by molar-refractivity contribution is -0.198. The Morgan fingerprint density at radius 3 is 2.10 bits per heavy atom. The van der Waals surface area contributed by atoms with Crippen molar-refractivity contribution < 1.29 is 18.4 Å². The molecule has 0 aromatic carbocycles. The van der Waals surface area contributed by atoms with E-state index in [1.165, 1.54) is 32.1 Å². The van der Waals surface area contributed by atoms with Crippen molar-refractivity contribution in [1.82, 2.24) is 0 Å². The van der Waals surface area contributed by atoms with Gasteiger partial charge in [0.2, 0.25) is 0 Å². The van der Waals surface area contributed by atoms with Gasteiger partial charge in [0.25, 0.3) is 0 Å². The number of unbranched alkanes of at least 4 members (excludes halogenated alkanes) is 1. The zero-order chi connectivity index (χ0) is 29.3. The number of carbonyl (C=O) groups excluding carboxylic acids is 1. The van der Waals surface area contributed by atoms with E-state index in [0.29, 0.717) is 24.7 Å². The van der Waals surface area contributed by atoms with Crippen LogP contribution in [0.2, 0.25) is 36.3 Å². The maximum absolute atomic E-state index is 13.2. The van der Waals surface area contributed by atoms with E-state index in [2.05, 4.69) is 86.8 Å². The molecule has 0 unspecified atom stereocenters. The highest BCUT2D eigenvalue weighted by atomic mass is 28.4. The number of carbonyl (C=O) groups is 1. The van der Waals surface area contributed by atoms with E-state index in [1.807, 2.05) is 0 Å². The number of Topliss-reactive ketones (excluding diaryl/α,β-unsaturated/α-hetero) is 1. The SMILES string of the molecule is CCCCO[C@@]12CC[C@H](O[Si](C)(C)C(C)(C)C)[C@@H](C=C[C@@H](O[Si](C)(C)C(C)(C)C)C3CCCCC3)[C@@H]1CC2=O. The van der Waals surface area contributed by atoms with Gasteiger partial charge in [-0.05, 0) is 74.3 Å². The first-order valence-electron chi connectivity index (χ1n) is 16.2. The van der Waals surface area contributed by atoms with E-state index in [-0.39, 0.29) is 34.1 Å². The molecule has 0 aliphatic heterocycles. The Labute approximate surface area is 243 Å². The maximum atomic E-state index is 13.2. The van der Waals surface area contributed by atoms with Crippen LogP contribution in [0.4, 0.5) is 0 Å². The van der Waals surface area contributed by atoms with Crippen LogP contribution in [0.25, 0.3) is 0 Å². The molecule has 3 saturated carbocycles. The number of hydrogen-bond donors (Lipinski definition) is 0. The van der Waals surface area contributed by atoms with E-state index in [4.69, 9.17) is 13.6 Å². The average molecular weight is 579 g/mol. The smallest absolute Gasteiger partial charge is 0.192 e. The summed E-state index contributed by atoms with van der Waals surface area (Å²) in [5.41, 5.74) is -0.599. The summed E-state index contributed by atoms with van der Waals surface area (Å²) in [4.78, 5) is 13.2. The Balaban J connectivity index is 1.94. The topological polar surface area (TPSA) is 44.8 Å². The summed E-state index contributed by atoms with van der Waals surface area (Å²) in [6.45, 7) is 26.4. The van der Waals surface area contributed by atoms with Crippen molar-refractivity contribution >= 4 is 22.4 Å². The van der Waals surface area contributed by atoms with Crippen molar-refractivity contribution in [2.45, 2.75) is 167 Å². The molecule has 0 aromatic heterocycles. The molecule has 3 rings (SSSR count). The van der Waals surface area contributed by atoms with Crippen LogP contribution in [0.15, 0.2) is 12.2 Å². The highest BCUT2D eigenvalue weighted by Crippen LogP contribution is 2.54. The quantitative estimate of drug-likeness (QED) is 0.139. The van der Waals surface area contributed by atoms with Crippen LogP contribution in [-0.2, 0) is 18.4 Å². The van der Waals surface area contributed by atoms with Crippen molar-refractivity contribution in [3.8, 4) is 0 Å². The summed E-state index contributed by atoms with van der Waals surface area (Å²) < 4.78 is 20.8. The van der Waals surface area contributed by atoms with Crippen LogP contribution in [-0.4, -0.2) is 46.8 Å². The number of ketones is 1. The van der Waals surface area contributed by atoms with Gasteiger partial charge in [0.05, 0.1) is 12.2 Å². The number of rotatable bonds is 11. The average Bonchev–Trinajstić information content (AvgIpc) is 2.82. The van der Waals surface area contributed by atoms with Crippen LogP contribution < -0.4 is 0 Å². The molecular weight excluding hydrogens is 517 g/mol. The van der Waals surface area contributed by atoms with E-state index in [0.717, 1.165) is 25.7 Å². The van der Waals surface area contributed by atoms with Crippen LogP contribution >= 0.6 is 0 Å². The maximum Gasteiger partial charge on any atom is 0.192 e. The summed E-state index contributed by atoms with van der Waals surface area (Å²) in [6.07, 6.45) is 16.0. The fourth-order valence-electron chi connectivity index (χ4n) is 6.31. The minimum atomic E-state index is -1.97. The summed E-state index contributed by atoms with van der Waals surface area (Å²) in [6, 6.07) is 0. The Morgan fingerprint density at radius 1 is 0.949 bits per heavy atom. The Morgan fingerprint density at radius 2 is 1.56 bits per heavy atom. The second-order valence-corrected chi connectivity index (χ2v) is 25.5. The highest BCUT2D eigenvalue weighted by molar-refractivity contribution is 6.74. The molecule has 3 fully saturated rings. The monoisotopic (exact) mass is 578 g/mol. The molecule has 4 nitrogen and oxygen atoms in total. The predicted molar refractivity (Wildman–Crippen MR) is 169 cm³/mol. The largest absolute Gasteiger partial charge is 0.413 e. The third-order valence-corrected chi connectivity index (χ3v) is 20.1. The second kappa shape index (κ2) is 12.5. The summed E-state index contributed by atoms with van der Waals surface area (Å²) in [5.74, 6) is 1.30. The fraction of sp³-hybridized carbons (Fsp3) is 0.909. The molecule has 0 aromatic rings. The van der Waals surface area contributed by atoms with Gasteiger partial charge in [-0.1, -0.05) is 86.3 Å². The van der Waals surface area contributed by atoms with Crippen molar-refractivity contribution in [3.63, 3.8) is 0 Å². The zero-order valence-corrected chi connectivity index (χ0v) is 29.5. The minimum absolute atomic E-state index is 0.142. The minimum Gasteiger partial charge on any atom is -0.413 e. The van der Waals surface area contributed by atoms with Gasteiger partial charge < -0.3 is 13.6 Å². The van der Waals surface area contributed by atoms with Crippen molar-refractivity contribution in [1.29, 1.82) is 0 Å². The van der Waals surface area contributed by atoms with E-state index in [1.54, 1.807) is 0 Å². The van der Waals surface area contributed by atoms with Gasteiger partial charge in [0, 0.05) is 24.9 Å². The van der Waals surface area contributed by atoms with Crippen LogP contribution in [0.3, 0.4) is 0 Å². The Bertz CT molecular complexity index is 847. The van der Waals surface area contributed by atoms with E-state index >= 15 is 0 Å².